The molecule has 0 aromatic rings. The Morgan fingerprint density at radius 3 is 2.00 bits per heavy atom. The van der Waals surface area contributed by atoms with E-state index >= 15 is 0 Å². The summed E-state index contributed by atoms with van der Waals surface area (Å²) in [6.07, 6.45) is 0. The Balaban J connectivity index is 4.58. The van der Waals surface area contributed by atoms with Crippen molar-refractivity contribution < 1.29 is 34.1 Å². The van der Waals surface area contributed by atoms with Crippen LogP contribution in [-0.4, -0.2) is 64.8 Å². The fourth-order valence-corrected chi connectivity index (χ4v) is 1.13. The number of carboxylic acids is 2. The SMILES string of the molecule is CCOC(=O)C(C)NC(=O)N(CC(=O)O)CC(=O)O. The van der Waals surface area contributed by atoms with Crippen molar-refractivity contribution in [3.05, 3.63) is 0 Å². The molecule has 19 heavy (non-hydrogen) atoms. The van der Waals surface area contributed by atoms with E-state index in [1.165, 1.54) is 6.92 Å². The van der Waals surface area contributed by atoms with Crippen LogP contribution in [-0.2, 0) is 19.1 Å². The lowest BCUT2D eigenvalue weighted by molar-refractivity contribution is -0.144. The molecule has 108 valence electrons. The molecule has 0 spiro atoms. The summed E-state index contributed by atoms with van der Waals surface area (Å²) in [5, 5.41) is 19.3. The van der Waals surface area contributed by atoms with Crippen LogP contribution < -0.4 is 5.32 Å². The number of nitrogens with zero attached hydrogens (tertiary/aromatic N) is 1. The van der Waals surface area contributed by atoms with Gasteiger partial charge in [0.15, 0.2) is 0 Å². The lowest BCUT2D eigenvalue weighted by Crippen LogP contribution is -2.50. The Morgan fingerprint density at radius 2 is 1.63 bits per heavy atom. The zero-order chi connectivity index (χ0) is 15.0. The van der Waals surface area contributed by atoms with Gasteiger partial charge in [-0.1, -0.05) is 0 Å². The van der Waals surface area contributed by atoms with Gasteiger partial charge in [-0.05, 0) is 13.8 Å². The van der Waals surface area contributed by atoms with Gasteiger partial charge in [0, 0.05) is 0 Å². The van der Waals surface area contributed by atoms with E-state index in [0.29, 0.717) is 4.90 Å². The van der Waals surface area contributed by atoms with Crippen molar-refractivity contribution >= 4 is 23.9 Å². The van der Waals surface area contributed by atoms with E-state index < -0.39 is 43.1 Å². The van der Waals surface area contributed by atoms with E-state index in [1.807, 2.05) is 0 Å². The lowest BCUT2D eigenvalue weighted by atomic mass is 10.3. The van der Waals surface area contributed by atoms with Crippen molar-refractivity contribution in [1.82, 2.24) is 10.2 Å². The number of amides is 2. The van der Waals surface area contributed by atoms with Crippen LogP contribution >= 0.6 is 0 Å². The summed E-state index contributed by atoms with van der Waals surface area (Å²) in [4.78, 5) is 44.5. The van der Waals surface area contributed by atoms with Crippen molar-refractivity contribution in [2.24, 2.45) is 0 Å². The van der Waals surface area contributed by atoms with Crippen molar-refractivity contribution in [2.75, 3.05) is 19.7 Å². The maximum Gasteiger partial charge on any atom is 0.328 e. The van der Waals surface area contributed by atoms with Crippen molar-refractivity contribution in [1.29, 1.82) is 0 Å². The second-order valence-corrected chi connectivity index (χ2v) is 3.57. The van der Waals surface area contributed by atoms with E-state index in [-0.39, 0.29) is 6.61 Å². The largest absolute Gasteiger partial charge is 0.480 e. The van der Waals surface area contributed by atoms with E-state index in [2.05, 4.69) is 10.1 Å². The number of hydrogen-bond donors (Lipinski definition) is 3. The van der Waals surface area contributed by atoms with Crippen molar-refractivity contribution in [2.45, 2.75) is 19.9 Å². The van der Waals surface area contributed by atoms with Crippen LogP contribution in [0.1, 0.15) is 13.8 Å². The molecule has 1 unspecified atom stereocenters. The second-order valence-electron chi connectivity index (χ2n) is 3.57. The third kappa shape index (κ3) is 6.86. The Bertz CT molecular complexity index is 353. The molecule has 9 nitrogen and oxygen atoms in total. The molecule has 0 heterocycles. The zero-order valence-corrected chi connectivity index (χ0v) is 10.6. The topological polar surface area (TPSA) is 133 Å². The molecule has 3 N–H and O–H groups in total. The number of ether oxygens (including phenoxy) is 1. The number of carbonyl (C=O) groups is 4. The van der Waals surface area contributed by atoms with Gasteiger partial charge in [-0.2, -0.15) is 0 Å². The molecule has 0 bridgehead atoms. The van der Waals surface area contributed by atoms with Crippen LogP contribution in [0.25, 0.3) is 0 Å². The Morgan fingerprint density at radius 1 is 1.16 bits per heavy atom. The van der Waals surface area contributed by atoms with Crippen LogP contribution in [0.2, 0.25) is 0 Å². The standard InChI is InChI=1S/C10H16N2O7/c1-3-19-9(17)6(2)11-10(18)12(4-7(13)14)5-8(15)16/h6H,3-5H2,1-2H3,(H,11,18)(H,13,14)(H,15,16). The normalized spacial score (nSPS) is 11.3. The molecule has 9 heteroatoms. The average molecular weight is 276 g/mol. The first-order chi connectivity index (χ1) is 8.77. The number of carbonyl (C=O) groups excluding carboxylic acids is 2. The highest BCUT2D eigenvalue weighted by molar-refractivity contribution is 5.87. The van der Waals surface area contributed by atoms with Crippen LogP contribution in [0.15, 0.2) is 0 Å². The number of carboxylic acid groups (broad SMARTS) is 2. The summed E-state index contributed by atoms with van der Waals surface area (Å²) in [5.41, 5.74) is 0. The van der Waals surface area contributed by atoms with Gasteiger partial charge in [0.05, 0.1) is 6.61 Å². The van der Waals surface area contributed by atoms with Gasteiger partial charge in [0.1, 0.15) is 19.1 Å². The molecule has 0 aliphatic carbocycles. The van der Waals surface area contributed by atoms with Gasteiger partial charge in [-0.25, -0.2) is 9.59 Å². The number of hydrogen-bond acceptors (Lipinski definition) is 5. The molecule has 0 aliphatic rings. The first kappa shape index (κ1) is 16.7. The quantitative estimate of drug-likeness (QED) is 0.514. The smallest absolute Gasteiger partial charge is 0.328 e. The number of urea groups is 1. The lowest BCUT2D eigenvalue weighted by Gasteiger charge is -2.21. The van der Waals surface area contributed by atoms with Gasteiger partial charge >= 0.3 is 23.9 Å². The van der Waals surface area contributed by atoms with Crippen LogP contribution in [0.3, 0.4) is 0 Å². The molecule has 0 aliphatic heterocycles. The van der Waals surface area contributed by atoms with Crippen molar-refractivity contribution in [3.63, 3.8) is 0 Å². The van der Waals surface area contributed by atoms with Crippen LogP contribution in [0, 0.1) is 0 Å². The minimum atomic E-state index is -1.36. The van der Waals surface area contributed by atoms with Gasteiger partial charge in [0.2, 0.25) is 0 Å². The minimum absolute atomic E-state index is 0.132. The molecule has 0 saturated carbocycles. The van der Waals surface area contributed by atoms with Gasteiger partial charge in [-0.15, -0.1) is 0 Å². The van der Waals surface area contributed by atoms with E-state index in [0.717, 1.165) is 0 Å². The molecule has 0 aromatic heterocycles. The third-order valence-corrected chi connectivity index (χ3v) is 1.92. The van der Waals surface area contributed by atoms with E-state index in [1.54, 1.807) is 6.92 Å². The molecule has 0 aromatic carbocycles. The molecule has 2 amide bonds. The van der Waals surface area contributed by atoms with Gasteiger partial charge in [-0.3, -0.25) is 9.59 Å². The van der Waals surface area contributed by atoms with Gasteiger partial charge in [0.25, 0.3) is 0 Å². The first-order valence-corrected chi connectivity index (χ1v) is 5.43. The fraction of sp³-hybridized carbons (Fsp3) is 0.600. The third-order valence-electron chi connectivity index (χ3n) is 1.92. The predicted molar refractivity (Wildman–Crippen MR) is 61.5 cm³/mol. The van der Waals surface area contributed by atoms with E-state index in [9.17, 15) is 19.2 Å². The fourth-order valence-electron chi connectivity index (χ4n) is 1.13. The summed E-state index contributed by atoms with van der Waals surface area (Å²) in [7, 11) is 0. The minimum Gasteiger partial charge on any atom is -0.480 e. The number of nitrogens with one attached hydrogen (secondary N) is 1. The predicted octanol–water partition coefficient (Wildman–Crippen LogP) is -0.881. The number of rotatable bonds is 7. The molecule has 0 saturated heterocycles. The summed E-state index contributed by atoms with van der Waals surface area (Å²) < 4.78 is 4.64. The first-order valence-electron chi connectivity index (χ1n) is 5.43. The molecule has 1 atom stereocenters. The molecule has 0 radical (unpaired) electrons. The van der Waals surface area contributed by atoms with Crippen LogP contribution in [0.5, 0.6) is 0 Å². The maximum absolute atomic E-state index is 11.6. The molecular weight excluding hydrogens is 260 g/mol. The number of esters is 1. The second kappa shape index (κ2) is 7.90. The summed E-state index contributed by atoms with van der Waals surface area (Å²) in [5.74, 6) is -3.41. The Hall–Kier alpha value is -2.32. The Labute approximate surface area is 109 Å². The van der Waals surface area contributed by atoms with Crippen molar-refractivity contribution in [3.8, 4) is 0 Å². The summed E-state index contributed by atoms with van der Waals surface area (Å²) in [6, 6.07) is -1.97. The van der Waals surface area contributed by atoms with E-state index in [4.69, 9.17) is 10.2 Å². The highest BCUT2D eigenvalue weighted by Crippen LogP contribution is 1.94. The molecule has 0 rings (SSSR count). The Kier molecular flexibility index (Phi) is 6.94. The van der Waals surface area contributed by atoms with Gasteiger partial charge < -0.3 is 25.2 Å². The van der Waals surface area contributed by atoms with Crippen LogP contribution in [0.4, 0.5) is 4.79 Å². The summed E-state index contributed by atoms with van der Waals surface area (Å²) in [6.45, 7) is 1.50. The monoisotopic (exact) mass is 276 g/mol. The highest BCUT2D eigenvalue weighted by atomic mass is 16.5. The highest BCUT2D eigenvalue weighted by Gasteiger charge is 2.23. The zero-order valence-electron chi connectivity index (χ0n) is 10.6. The maximum atomic E-state index is 11.6. The average Bonchev–Trinajstić information content (AvgIpc) is 2.26. The number of aliphatic carboxylic acids is 2. The summed E-state index contributed by atoms with van der Waals surface area (Å²) >= 11 is 0. The molecule has 0 fully saturated rings. The molecular formula is C10H16N2O7.